The Balaban J connectivity index is 1.00. The van der Waals surface area contributed by atoms with Crippen molar-refractivity contribution in [3.05, 3.63) is 103 Å². The van der Waals surface area contributed by atoms with Crippen LogP contribution in [0.3, 0.4) is 0 Å². The number of carbonyl (C=O) groups excluding carboxylic acids is 4. The van der Waals surface area contributed by atoms with Gasteiger partial charge in [-0.25, -0.2) is 19.6 Å². The van der Waals surface area contributed by atoms with Crippen molar-refractivity contribution in [2.75, 3.05) is 20.2 Å². The zero-order valence-corrected chi connectivity index (χ0v) is 32.2. The molecule has 2 fully saturated rings. The average Bonchev–Trinajstić information content (AvgIpc) is 4.06. The normalized spacial score (nSPS) is 17.7. The van der Waals surface area contributed by atoms with Gasteiger partial charge in [-0.15, -0.1) is 0 Å². The molecule has 0 radical (unpaired) electrons. The zero-order valence-electron chi connectivity index (χ0n) is 32.2. The van der Waals surface area contributed by atoms with Gasteiger partial charge in [-0.3, -0.25) is 14.6 Å². The summed E-state index contributed by atoms with van der Waals surface area (Å²) in [5.74, 6) is 0.678. The number of ether oxygens (including phenoxy) is 2. The van der Waals surface area contributed by atoms with Gasteiger partial charge in [0.15, 0.2) is 6.10 Å². The molecule has 2 aliphatic heterocycles. The number of pyridine rings is 1. The van der Waals surface area contributed by atoms with Gasteiger partial charge in [0.05, 0.1) is 43.0 Å². The minimum atomic E-state index is -0.966. The summed E-state index contributed by atoms with van der Waals surface area (Å²) in [7, 11) is 1.27. The molecule has 4 atom stereocenters. The monoisotopic (exact) mass is 773 g/mol. The largest absolute Gasteiger partial charge is 0.453 e. The Kier molecular flexibility index (Phi) is 11.6. The highest BCUT2D eigenvalue weighted by Crippen LogP contribution is 2.35. The van der Waals surface area contributed by atoms with Crippen molar-refractivity contribution in [3.63, 3.8) is 0 Å². The molecule has 0 saturated carbocycles. The molecule has 0 aliphatic carbocycles. The minimum absolute atomic E-state index is 0.212. The van der Waals surface area contributed by atoms with Crippen LogP contribution in [-0.4, -0.2) is 91.1 Å². The van der Waals surface area contributed by atoms with E-state index in [1.165, 1.54) is 7.11 Å². The van der Waals surface area contributed by atoms with Gasteiger partial charge in [-0.05, 0) is 66.0 Å². The number of hydrogen-bond acceptors (Lipinski definition) is 9. The highest BCUT2D eigenvalue weighted by molar-refractivity contribution is 5.86. The molecule has 2 saturated heterocycles. The lowest BCUT2D eigenvalue weighted by atomic mass is 10.0. The number of imidazole rings is 2. The van der Waals surface area contributed by atoms with E-state index < -0.39 is 24.3 Å². The van der Waals surface area contributed by atoms with E-state index in [0.29, 0.717) is 30.4 Å². The first kappa shape index (κ1) is 38.8. The van der Waals surface area contributed by atoms with Crippen LogP contribution in [0.25, 0.3) is 33.6 Å². The fourth-order valence-electron chi connectivity index (χ4n) is 7.71. The third-order valence-electron chi connectivity index (χ3n) is 10.6. The second-order valence-electron chi connectivity index (χ2n) is 14.7. The van der Waals surface area contributed by atoms with E-state index in [4.69, 9.17) is 15.2 Å². The molecule has 0 bridgehead atoms. The molecule has 7 rings (SSSR count). The Morgan fingerprint density at radius 2 is 1.30 bits per heavy atom. The van der Waals surface area contributed by atoms with Crippen molar-refractivity contribution in [1.82, 2.24) is 40.0 Å². The van der Waals surface area contributed by atoms with Gasteiger partial charge in [-0.2, -0.15) is 0 Å². The summed E-state index contributed by atoms with van der Waals surface area (Å²) >= 11 is 0. The SMILES string of the molecule is COC(=O)N[C@@H](Cc1ccccn1)C(=O)N1CCCC1c1ncc(-c2ccc(-c3ccc(-c4cnc([C@@H]5CCCN5C(=O)[C@@H](OC(N)=O)C(C)C)[nH]4)cc3)cc2)[nH]1. The number of aromatic nitrogens is 5. The Morgan fingerprint density at radius 3 is 1.77 bits per heavy atom. The molecule has 2 aliphatic rings. The summed E-state index contributed by atoms with van der Waals surface area (Å²) in [6, 6.07) is 20.5. The quantitative estimate of drug-likeness (QED) is 0.118. The van der Waals surface area contributed by atoms with Crippen LogP contribution < -0.4 is 11.1 Å². The fraction of sp³-hybridized carbons (Fsp3) is 0.357. The summed E-state index contributed by atoms with van der Waals surface area (Å²) in [5.41, 5.74) is 11.6. The maximum absolute atomic E-state index is 13.8. The molecule has 0 spiro atoms. The molecule has 5 N–H and O–H groups in total. The van der Waals surface area contributed by atoms with Crippen LogP contribution in [0.1, 0.15) is 69.0 Å². The van der Waals surface area contributed by atoms with Gasteiger partial charge in [-0.1, -0.05) is 68.4 Å². The number of primary amides is 1. The van der Waals surface area contributed by atoms with Crippen molar-refractivity contribution in [2.24, 2.45) is 11.7 Å². The highest BCUT2D eigenvalue weighted by atomic mass is 16.6. The molecule has 15 nitrogen and oxygen atoms in total. The van der Waals surface area contributed by atoms with E-state index in [0.717, 1.165) is 59.3 Å². The number of hydrogen-bond donors (Lipinski definition) is 4. The first-order valence-corrected chi connectivity index (χ1v) is 19.2. The predicted molar refractivity (Wildman–Crippen MR) is 211 cm³/mol. The lowest BCUT2D eigenvalue weighted by molar-refractivity contribution is -0.143. The second kappa shape index (κ2) is 17.1. The van der Waals surface area contributed by atoms with Crippen molar-refractivity contribution >= 4 is 24.0 Å². The number of benzene rings is 2. The Morgan fingerprint density at radius 1 is 0.772 bits per heavy atom. The molecule has 4 amide bonds. The molecular weight excluding hydrogens is 727 g/mol. The van der Waals surface area contributed by atoms with Crippen molar-refractivity contribution < 1.29 is 28.7 Å². The van der Waals surface area contributed by atoms with Gasteiger partial charge < -0.3 is 40.3 Å². The summed E-state index contributed by atoms with van der Waals surface area (Å²) in [6.45, 7) is 4.74. The topological polar surface area (TPSA) is 202 Å². The lowest BCUT2D eigenvalue weighted by Crippen LogP contribution is -2.49. The number of rotatable bonds is 12. The summed E-state index contributed by atoms with van der Waals surface area (Å²) < 4.78 is 9.98. The molecule has 5 aromatic rings. The van der Waals surface area contributed by atoms with E-state index >= 15 is 0 Å². The van der Waals surface area contributed by atoms with Crippen molar-refractivity contribution in [1.29, 1.82) is 0 Å². The highest BCUT2D eigenvalue weighted by Gasteiger charge is 2.39. The summed E-state index contributed by atoms with van der Waals surface area (Å²) in [5, 5.41) is 2.70. The standard InChI is InChI=1S/C42H47N9O6/c1-25(2)36(57-41(43)54)40(53)51-21-7-10-35(51)38-46-24-33(48-38)29-17-13-27(14-18-29)26-11-15-28(16-12-26)32-23-45-37(47-32)34-9-6-20-50(34)39(52)31(49-42(55)56-3)22-30-8-4-5-19-44-30/h4-5,8,11-19,23-25,31,34-36H,6-7,9-10,20-22H2,1-3H3,(H2,43,54)(H,45,47)(H,46,48)(H,49,55)/t31-,34?,35-,36-/m0/s1. The Bertz CT molecular complexity index is 2180. The molecule has 1 unspecified atom stereocenters. The molecule has 5 heterocycles. The Labute approximate surface area is 330 Å². The smallest absolute Gasteiger partial charge is 0.407 e. The third-order valence-corrected chi connectivity index (χ3v) is 10.6. The number of nitrogens with one attached hydrogen (secondary N) is 3. The van der Waals surface area contributed by atoms with E-state index in [1.54, 1.807) is 34.5 Å². The van der Waals surface area contributed by atoms with E-state index in [-0.39, 0.29) is 36.2 Å². The van der Waals surface area contributed by atoms with Gasteiger partial charge in [0.25, 0.3) is 5.91 Å². The van der Waals surface area contributed by atoms with Crippen molar-refractivity contribution in [2.45, 2.75) is 70.2 Å². The zero-order chi connectivity index (χ0) is 40.1. The number of methoxy groups -OCH3 is 1. The van der Waals surface area contributed by atoms with Crippen LogP contribution in [0.5, 0.6) is 0 Å². The van der Waals surface area contributed by atoms with Crippen LogP contribution >= 0.6 is 0 Å². The maximum Gasteiger partial charge on any atom is 0.407 e. The molecule has 2 aromatic carbocycles. The first-order chi connectivity index (χ1) is 27.6. The number of carbonyl (C=O) groups is 4. The molecular formula is C42H47N9O6. The molecule has 57 heavy (non-hydrogen) atoms. The van der Waals surface area contributed by atoms with Crippen LogP contribution in [-0.2, 0) is 25.5 Å². The second-order valence-corrected chi connectivity index (χ2v) is 14.7. The fourth-order valence-corrected chi connectivity index (χ4v) is 7.71. The van der Waals surface area contributed by atoms with Crippen LogP contribution in [0.15, 0.2) is 85.3 Å². The number of likely N-dealkylation sites (tertiary alicyclic amines) is 2. The van der Waals surface area contributed by atoms with Crippen LogP contribution in [0.4, 0.5) is 9.59 Å². The maximum atomic E-state index is 13.8. The number of amides is 4. The van der Waals surface area contributed by atoms with Gasteiger partial charge in [0.2, 0.25) is 5.91 Å². The summed E-state index contributed by atoms with van der Waals surface area (Å²) in [6.07, 6.45) is 5.99. The van der Waals surface area contributed by atoms with Gasteiger partial charge in [0.1, 0.15) is 17.7 Å². The number of alkyl carbamates (subject to hydrolysis) is 1. The molecule has 296 valence electrons. The third kappa shape index (κ3) is 8.67. The first-order valence-electron chi connectivity index (χ1n) is 19.2. The van der Waals surface area contributed by atoms with Crippen LogP contribution in [0, 0.1) is 5.92 Å². The number of nitrogens with zero attached hydrogens (tertiary/aromatic N) is 5. The molecule has 3 aromatic heterocycles. The minimum Gasteiger partial charge on any atom is -0.453 e. The Hall–Kier alpha value is -6.51. The number of nitrogens with two attached hydrogens (primary N) is 1. The number of H-pyrrole nitrogens is 2. The predicted octanol–water partition coefficient (Wildman–Crippen LogP) is 5.94. The lowest BCUT2D eigenvalue weighted by Gasteiger charge is -2.29. The average molecular weight is 774 g/mol. The van der Waals surface area contributed by atoms with Gasteiger partial charge in [0, 0.05) is 31.4 Å². The van der Waals surface area contributed by atoms with E-state index in [9.17, 15) is 19.2 Å². The van der Waals surface area contributed by atoms with Crippen molar-refractivity contribution in [3.8, 4) is 33.6 Å². The summed E-state index contributed by atoms with van der Waals surface area (Å²) in [4.78, 5) is 74.9. The van der Waals surface area contributed by atoms with E-state index in [2.05, 4.69) is 54.5 Å². The number of aromatic amines is 2. The van der Waals surface area contributed by atoms with E-state index in [1.807, 2.05) is 50.2 Å². The van der Waals surface area contributed by atoms with Crippen LogP contribution in [0.2, 0.25) is 0 Å². The molecule has 15 heteroatoms. The van der Waals surface area contributed by atoms with Gasteiger partial charge >= 0.3 is 12.2 Å².